The summed E-state index contributed by atoms with van der Waals surface area (Å²) in [6.07, 6.45) is 5.77. The first-order valence-electron chi connectivity index (χ1n) is 12.5. The first-order valence-corrected chi connectivity index (χ1v) is 12.5. The van der Waals surface area contributed by atoms with Crippen LogP contribution < -0.4 is 9.64 Å². The summed E-state index contributed by atoms with van der Waals surface area (Å²) in [6.45, 7) is 5.43. The number of ether oxygens (including phenoxy) is 2. The molecule has 1 fully saturated rings. The topological polar surface area (TPSA) is 72.7 Å². The lowest BCUT2D eigenvalue weighted by Gasteiger charge is -2.32. The summed E-state index contributed by atoms with van der Waals surface area (Å²) in [5.74, 6) is 1.73. The normalized spacial score (nSPS) is 19.4. The zero-order valence-corrected chi connectivity index (χ0v) is 20.4. The maximum absolute atomic E-state index is 12.2. The van der Waals surface area contributed by atoms with Crippen LogP contribution >= 0.6 is 0 Å². The molecule has 3 aliphatic heterocycles. The van der Waals surface area contributed by atoms with Gasteiger partial charge in [-0.25, -0.2) is 4.98 Å². The molecule has 0 spiro atoms. The molecular weight excluding hydrogens is 442 g/mol. The number of rotatable bonds is 4. The lowest BCUT2D eigenvalue weighted by atomic mass is 9.96. The number of aromatic nitrogens is 3. The first kappa shape index (κ1) is 22.1. The molecule has 182 valence electrons. The molecule has 3 aromatic rings. The van der Waals surface area contributed by atoms with E-state index in [0.29, 0.717) is 19.0 Å². The second-order valence-electron chi connectivity index (χ2n) is 9.59. The number of pyridine rings is 1. The van der Waals surface area contributed by atoms with Crippen molar-refractivity contribution < 1.29 is 14.3 Å². The highest BCUT2D eigenvalue weighted by Gasteiger charge is 2.33. The van der Waals surface area contributed by atoms with Crippen LogP contribution in [0.4, 0.5) is 11.5 Å². The average molecular weight is 474 g/mol. The molecule has 35 heavy (non-hydrogen) atoms. The highest BCUT2D eigenvalue weighted by atomic mass is 16.5. The van der Waals surface area contributed by atoms with Gasteiger partial charge >= 0.3 is 0 Å². The molecule has 0 N–H and O–H groups in total. The number of fused-ring (bicyclic) bond motifs is 2. The fourth-order valence-corrected chi connectivity index (χ4v) is 5.60. The number of methoxy groups -OCH3 is 1. The molecule has 8 heteroatoms. The van der Waals surface area contributed by atoms with E-state index in [1.807, 2.05) is 23.2 Å². The molecule has 5 heterocycles. The minimum absolute atomic E-state index is 0.121. The number of hydrogen-bond acceptors (Lipinski definition) is 6. The van der Waals surface area contributed by atoms with Gasteiger partial charge < -0.3 is 19.3 Å². The SMILES string of the molecule is COc1ccc(-c2ccc3c(c2)CCCN3c2nn([C@H]3CCOC3)c3c2CN(C(C)=O)CC3)cn1. The Hall–Kier alpha value is -3.39. The number of hydrogen-bond donors (Lipinski definition) is 0. The monoisotopic (exact) mass is 473 g/mol. The maximum atomic E-state index is 12.2. The van der Waals surface area contributed by atoms with Crippen LogP contribution in [0.5, 0.6) is 5.88 Å². The standard InChI is InChI=1S/C27H31N5O3/c1-18(33)30-12-9-25-23(16-30)27(29-32(25)22-10-13-35-17-22)31-11-3-4-20-14-19(5-7-24(20)31)21-6-8-26(34-2)28-15-21/h5-8,14-15,22H,3-4,9-13,16-17H2,1-2H3/t22-/m0/s1. The van der Waals surface area contributed by atoms with Crippen molar-refractivity contribution in [2.24, 2.45) is 0 Å². The summed E-state index contributed by atoms with van der Waals surface area (Å²) in [5.41, 5.74) is 7.20. The fraction of sp³-hybridized carbons (Fsp3) is 0.444. The highest BCUT2D eigenvalue weighted by molar-refractivity contribution is 5.76. The third kappa shape index (κ3) is 3.95. The van der Waals surface area contributed by atoms with Crippen molar-refractivity contribution >= 4 is 17.4 Å². The lowest BCUT2D eigenvalue weighted by molar-refractivity contribution is -0.129. The summed E-state index contributed by atoms with van der Waals surface area (Å²) < 4.78 is 13.1. The Balaban J connectivity index is 1.39. The summed E-state index contributed by atoms with van der Waals surface area (Å²) >= 11 is 0. The Morgan fingerprint density at radius 2 is 2.03 bits per heavy atom. The van der Waals surface area contributed by atoms with Crippen LogP contribution in [0.3, 0.4) is 0 Å². The van der Waals surface area contributed by atoms with Crippen LogP contribution in [0, 0.1) is 0 Å². The Kier molecular flexibility index (Phi) is 5.68. The number of carbonyl (C=O) groups is 1. The van der Waals surface area contributed by atoms with Gasteiger partial charge in [0, 0.05) is 67.8 Å². The van der Waals surface area contributed by atoms with Gasteiger partial charge in [0.2, 0.25) is 11.8 Å². The van der Waals surface area contributed by atoms with Gasteiger partial charge in [-0.1, -0.05) is 6.07 Å². The smallest absolute Gasteiger partial charge is 0.219 e. The predicted molar refractivity (Wildman–Crippen MR) is 133 cm³/mol. The third-order valence-corrected chi connectivity index (χ3v) is 7.49. The van der Waals surface area contributed by atoms with Crippen LogP contribution in [-0.4, -0.2) is 59.0 Å². The molecule has 0 bridgehead atoms. The number of aryl methyl sites for hydroxylation is 1. The molecule has 1 amide bonds. The van der Waals surface area contributed by atoms with Crippen molar-refractivity contribution in [3.8, 4) is 17.0 Å². The number of amides is 1. The van der Waals surface area contributed by atoms with Gasteiger partial charge in [0.05, 0.1) is 26.3 Å². The molecule has 1 saturated heterocycles. The van der Waals surface area contributed by atoms with E-state index in [1.54, 1.807) is 14.0 Å². The first-order chi connectivity index (χ1) is 17.1. The number of nitrogens with zero attached hydrogens (tertiary/aromatic N) is 5. The summed E-state index contributed by atoms with van der Waals surface area (Å²) in [6, 6.07) is 10.9. The molecule has 8 nitrogen and oxygen atoms in total. The average Bonchev–Trinajstić information content (AvgIpc) is 3.56. The van der Waals surface area contributed by atoms with Crippen molar-refractivity contribution in [3.63, 3.8) is 0 Å². The minimum Gasteiger partial charge on any atom is -0.481 e. The van der Waals surface area contributed by atoms with E-state index in [-0.39, 0.29) is 11.9 Å². The van der Waals surface area contributed by atoms with Crippen LogP contribution in [0.1, 0.15) is 42.6 Å². The number of benzene rings is 1. The zero-order valence-electron chi connectivity index (χ0n) is 20.4. The Bertz CT molecular complexity index is 1250. The van der Waals surface area contributed by atoms with Gasteiger partial charge in [-0.2, -0.15) is 5.10 Å². The predicted octanol–water partition coefficient (Wildman–Crippen LogP) is 3.90. The molecule has 0 unspecified atom stereocenters. The molecule has 3 aliphatic rings. The van der Waals surface area contributed by atoms with Crippen molar-refractivity contribution in [2.45, 2.75) is 45.2 Å². The summed E-state index contributed by atoms with van der Waals surface area (Å²) in [7, 11) is 1.63. The highest BCUT2D eigenvalue weighted by Crippen LogP contribution is 2.40. The van der Waals surface area contributed by atoms with E-state index < -0.39 is 0 Å². The van der Waals surface area contributed by atoms with Gasteiger partial charge in [-0.3, -0.25) is 9.48 Å². The van der Waals surface area contributed by atoms with Gasteiger partial charge in [-0.05, 0) is 48.6 Å². The van der Waals surface area contributed by atoms with E-state index in [0.717, 1.165) is 62.3 Å². The molecule has 2 aromatic heterocycles. The van der Waals surface area contributed by atoms with Crippen LogP contribution in [-0.2, 0) is 28.9 Å². The zero-order chi connectivity index (χ0) is 23.9. The van der Waals surface area contributed by atoms with Gasteiger partial charge in [0.15, 0.2) is 5.82 Å². The molecule has 6 rings (SSSR count). The van der Waals surface area contributed by atoms with Crippen molar-refractivity contribution in [1.29, 1.82) is 0 Å². The molecule has 1 atom stereocenters. The van der Waals surface area contributed by atoms with E-state index in [9.17, 15) is 4.79 Å². The molecule has 1 aromatic carbocycles. The van der Waals surface area contributed by atoms with Gasteiger partial charge in [-0.15, -0.1) is 0 Å². The lowest BCUT2D eigenvalue weighted by Crippen LogP contribution is -2.35. The Morgan fingerprint density at radius 1 is 1.14 bits per heavy atom. The Labute approximate surface area is 205 Å². The molecule has 0 radical (unpaired) electrons. The van der Waals surface area contributed by atoms with Crippen LogP contribution in [0.25, 0.3) is 11.1 Å². The van der Waals surface area contributed by atoms with Crippen molar-refractivity contribution in [1.82, 2.24) is 19.7 Å². The van der Waals surface area contributed by atoms with E-state index in [1.165, 1.54) is 22.5 Å². The largest absolute Gasteiger partial charge is 0.481 e. The molecular formula is C27H31N5O3. The van der Waals surface area contributed by atoms with Crippen molar-refractivity contribution in [2.75, 3.05) is 38.3 Å². The van der Waals surface area contributed by atoms with Crippen molar-refractivity contribution in [3.05, 3.63) is 53.3 Å². The van der Waals surface area contributed by atoms with E-state index in [4.69, 9.17) is 14.6 Å². The second-order valence-corrected chi connectivity index (χ2v) is 9.59. The minimum atomic E-state index is 0.121. The molecule has 0 aliphatic carbocycles. The fourth-order valence-electron chi connectivity index (χ4n) is 5.60. The summed E-state index contributed by atoms with van der Waals surface area (Å²) in [5, 5.41) is 5.19. The second kappa shape index (κ2) is 9.00. The van der Waals surface area contributed by atoms with E-state index in [2.05, 4.69) is 32.8 Å². The number of anilines is 2. The molecule has 0 saturated carbocycles. The summed E-state index contributed by atoms with van der Waals surface area (Å²) in [4.78, 5) is 20.9. The quantitative estimate of drug-likeness (QED) is 0.572. The third-order valence-electron chi connectivity index (χ3n) is 7.49. The number of carbonyl (C=O) groups excluding carboxylic acids is 1. The van der Waals surface area contributed by atoms with Crippen LogP contribution in [0.15, 0.2) is 36.5 Å². The van der Waals surface area contributed by atoms with Gasteiger partial charge in [0.25, 0.3) is 0 Å². The van der Waals surface area contributed by atoms with E-state index >= 15 is 0 Å². The van der Waals surface area contributed by atoms with Crippen LogP contribution in [0.2, 0.25) is 0 Å². The Morgan fingerprint density at radius 3 is 2.77 bits per heavy atom. The van der Waals surface area contributed by atoms with Gasteiger partial charge in [0.1, 0.15) is 0 Å². The maximum Gasteiger partial charge on any atom is 0.219 e.